The Kier molecular flexibility index (Phi) is 4.68. The number of aromatic nitrogens is 4. The van der Waals surface area contributed by atoms with Gasteiger partial charge < -0.3 is 5.73 Å². The summed E-state index contributed by atoms with van der Waals surface area (Å²) < 4.78 is 0. The van der Waals surface area contributed by atoms with Gasteiger partial charge in [-0.2, -0.15) is 0 Å². The van der Waals surface area contributed by atoms with Crippen molar-refractivity contribution in [3.05, 3.63) is 114 Å². The predicted octanol–water partition coefficient (Wildman–Crippen LogP) is 2.54. The lowest BCUT2D eigenvalue weighted by Crippen LogP contribution is -2.39. The van der Waals surface area contributed by atoms with Crippen molar-refractivity contribution in [2.24, 2.45) is 5.73 Å². The SMILES string of the molecule is NC(=O)Cc1nnn(C(c2ccccc2)(c2ccccc2)c2ccccc2)n1. The maximum Gasteiger partial charge on any atom is 0.225 e. The Hall–Kier alpha value is -3.80. The standard InChI is InChI=1S/C22H19N5O/c23-20(28)16-21-24-26-27(25-21)22(17-10-4-1-5-11-17,18-12-6-2-7-13-18)19-14-8-3-9-15-19/h1-15H,16H2,(H2,23,28). The molecular weight excluding hydrogens is 350 g/mol. The summed E-state index contributed by atoms with van der Waals surface area (Å²) in [5.41, 5.74) is 7.43. The molecule has 138 valence electrons. The molecule has 6 heteroatoms. The van der Waals surface area contributed by atoms with Crippen molar-refractivity contribution in [1.29, 1.82) is 0 Å². The number of carbonyl (C=O) groups excluding carboxylic acids is 1. The van der Waals surface area contributed by atoms with Crippen LogP contribution in [-0.2, 0) is 16.8 Å². The van der Waals surface area contributed by atoms with Gasteiger partial charge in [0.15, 0.2) is 11.4 Å². The smallest absolute Gasteiger partial charge is 0.225 e. The number of amides is 1. The highest BCUT2D eigenvalue weighted by molar-refractivity contribution is 5.75. The van der Waals surface area contributed by atoms with E-state index in [4.69, 9.17) is 5.73 Å². The molecule has 6 nitrogen and oxygen atoms in total. The van der Waals surface area contributed by atoms with Crippen LogP contribution >= 0.6 is 0 Å². The van der Waals surface area contributed by atoms with Crippen molar-refractivity contribution >= 4 is 5.91 Å². The lowest BCUT2D eigenvalue weighted by atomic mass is 9.77. The largest absolute Gasteiger partial charge is 0.369 e. The van der Waals surface area contributed by atoms with Crippen LogP contribution in [0, 0.1) is 0 Å². The summed E-state index contributed by atoms with van der Waals surface area (Å²) in [6, 6.07) is 30.0. The highest BCUT2D eigenvalue weighted by Gasteiger charge is 2.41. The Balaban J connectivity index is 2.04. The topological polar surface area (TPSA) is 86.7 Å². The van der Waals surface area contributed by atoms with Crippen molar-refractivity contribution in [2.75, 3.05) is 0 Å². The first-order chi connectivity index (χ1) is 13.7. The van der Waals surface area contributed by atoms with Gasteiger partial charge in [-0.15, -0.1) is 15.0 Å². The monoisotopic (exact) mass is 369 g/mol. The quantitative estimate of drug-likeness (QED) is 0.529. The van der Waals surface area contributed by atoms with Gasteiger partial charge in [-0.25, -0.2) is 0 Å². The van der Waals surface area contributed by atoms with Crippen LogP contribution in [0.1, 0.15) is 22.5 Å². The van der Waals surface area contributed by atoms with Crippen LogP contribution in [0.3, 0.4) is 0 Å². The summed E-state index contributed by atoms with van der Waals surface area (Å²) in [6.07, 6.45) is -0.0611. The minimum Gasteiger partial charge on any atom is -0.369 e. The lowest BCUT2D eigenvalue weighted by Gasteiger charge is -2.34. The van der Waals surface area contributed by atoms with Crippen LogP contribution in [0.4, 0.5) is 0 Å². The van der Waals surface area contributed by atoms with Crippen LogP contribution in [-0.4, -0.2) is 26.1 Å². The number of primary amides is 1. The summed E-state index contributed by atoms with van der Waals surface area (Å²) in [4.78, 5) is 12.9. The van der Waals surface area contributed by atoms with Gasteiger partial charge >= 0.3 is 0 Å². The molecule has 0 aliphatic rings. The summed E-state index contributed by atoms with van der Waals surface area (Å²) in [5.74, 6) is -0.205. The predicted molar refractivity (Wildman–Crippen MR) is 105 cm³/mol. The van der Waals surface area contributed by atoms with Crippen molar-refractivity contribution < 1.29 is 4.79 Å². The van der Waals surface area contributed by atoms with Crippen molar-refractivity contribution in [3.63, 3.8) is 0 Å². The van der Waals surface area contributed by atoms with Crippen LogP contribution in [0.5, 0.6) is 0 Å². The number of hydrogen-bond acceptors (Lipinski definition) is 4. The van der Waals surface area contributed by atoms with E-state index in [0.717, 1.165) is 16.7 Å². The van der Waals surface area contributed by atoms with Gasteiger partial charge in [0.1, 0.15) is 0 Å². The van der Waals surface area contributed by atoms with E-state index in [-0.39, 0.29) is 6.42 Å². The molecule has 0 unspecified atom stereocenters. The van der Waals surface area contributed by atoms with E-state index in [1.807, 2.05) is 91.0 Å². The molecule has 0 radical (unpaired) electrons. The Morgan fingerprint density at radius 1 is 0.786 bits per heavy atom. The van der Waals surface area contributed by atoms with Gasteiger partial charge in [0, 0.05) is 0 Å². The molecule has 0 aliphatic carbocycles. The first-order valence-electron chi connectivity index (χ1n) is 8.95. The van der Waals surface area contributed by atoms with Gasteiger partial charge in [0.2, 0.25) is 5.91 Å². The second kappa shape index (κ2) is 7.44. The maximum absolute atomic E-state index is 11.3. The molecule has 1 heterocycles. The highest BCUT2D eigenvalue weighted by atomic mass is 16.1. The van der Waals surface area contributed by atoms with Gasteiger partial charge in [-0.3, -0.25) is 4.79 Å². The molecule has 28 heavy (non-hydrogen) atoms. The number of hydrogen-bond donors (Lipinski definition) is 1. The van der Waals surface area contributed by atoms with Crippen LogP contribution in [0.2, 0.25) is 0 Å². The first-order valence-corrected chi connectivity index (χ1v) is 8.95. The zero-order chi connectivity index (χ0) is 19.4. The summed E-state index contributed by atoms with van der Waals surface area (Å²) in [5, 5.41) is 13.0. The highest BCUT2D eigenvalue weighted by Crippen LogP contribution is 2.39. The van der Waals surface area contributed by atoms with Crippen molar-refractivity contribution in [1.82, 2.24) is 20.2 Å². The third kappa shape index (κ3) is 3.05. The van der Waals surface area contributed by atoms with Gasteiger partial charge in [-0.05, 0) is 21.9 Å². The minimum absolute atomic E-state index is 0.0611. The molecule has 0 fully saturated rings. The molecule has 1 amide bonds. The van der Waals surface area contributed by atoms with E-state index in [1.54, 1.807) is 4.80 Å². The van der Waals surface area contributed by atoms with E-state index in [2.05, 4.69) is 15.4 Å². The fourth-order valence-electron chi connectivity index (χ4n) is 3.50. The van der Waals surface area contributed by atoms with E-state index < -0.39 is 11.4 Å². The van der Waals surface area contributed by atoms with E-state index in [9.17, 15) is 4.79 Å². The molecule has 3 aromatic carbocycles. The zero-order valence-electron chi connectivity index (χ0n) is 15.1. The van der Waals surface area contributed by atoms with Crippen LogP contribution < -0.4 is 5.73 Å². The molecular formula is C22H19N5O. The Morgan fingerprint density at radius 3 is 1.61 bits per heavy atom. The van der Waals surface area contributed by atoms with Gasteiger partial charge in [0.25, 0.3) is 0 Å². The number of benzene rings is 3. The molecule has 4 aromatic rings. The molecule has 4 rings (SSSR count). The maximum atomic E-state index is 11.3. The summed E-state index contributed by atoms with van der Waals surface area (Å²) in [6.45, 7) is 0. The van der Waals surface area contributed by atoms with E-state index in [1.165, 1.54) is 0 Å². The molecule has 0 atom stereocenters. The average molecular weight is 369 g/mol. The molecule has 0 aliphatic heterocycles. The summed E-state index contributed by atoms with van der Waals surface area (Å²) in [7, 11) is 0. The normalized spacial score (nSPS) is 11.3. The molecule has 0 saturated carbocycles. The number of nitrogens with zero attached hydrogens (tertiary/aromatic N) is 4. The Labute approximate surface area is 162 Å². The second-order valence-electron chi connectivity index (χ2n) is 6.45. The first kappa shape index (κ1) is 17.6. The fourth-order valence-corrected chi connectivity index (χ4v) is 3.50. The molecule has 1 aromatic heterocycles. The van der Waals surface area contributed by atoms with Crippen molar-refractivity contribution in [3.8, 4) is 0 Å². The summed E-state index contributed by atoms with van der Waals surface area (Å²) >= 11 is 0. The van der Waals surface area contributed by atoms with Crippen molar-refractivity contribution in [2.45, 2.75) is 12.0 Å². The van der Waals surface area contributed by atoms with E-state index >= 15 is 0 Å². The van der Waals surface area contributed by atoms with Crippen LogP contribution in [0.25, 0.3) is 0 Å². The number of rotatable bonds is 6. The number of tetrazole rings is 1. The second-order valence-corrected chi connectivity index (χ2v) is 6.45. The number of nitrogens with two attached hydrogens (primary N) is 1. The van der Waals surface area contributed by atoms with Gasteiger partial charge in [-0.1, -0.05) is 91.0 Å². The fraction of sp³-hybridized carbons (Fsp3) is 0.0909. The Morgan fingerprint density at radius 2 is 1.21 bits per heavy atom. The third-order valence-electron chi connectivity index (χ3n) is 4.66. The number of carbonyl (C=O) groups is 1. The Bertz CT molecular complexity index is 965. The average Bonchev–Trinajstić information content (AvgIpc) is 3.19. The van der Waals surface area contributed by atoms with E-state index in [0.29, 0.717) is 5.82 Å². The zero-order valence-corrected chi connectivity index (χ0v) is 15.1. The molecule has 0 saturated heterocycles. The molecule has 2 N–H and O–H groups in total. The third-order valence-corrected chi connectivity index (χ3v) is 4.66. The lowest BCUT2D eigenvalue weighted by molar-refractivity contribution is -0.117. The molecule has 0 spiro atoms. The minimum atomic E-state index is -0.841. The van der Waals surface area contributed by atoms with Gasteiger partial charge in [0.05, 0.1) is 6.42 Å². The molecule has 0 bridgehead atoms. The van der Waals surface area contributed by atoms with Crippen LogP contribution in [0.15, 0.2) is 91.0 Å².